The average molecular weight is 266 g/mol. The van der Waals surface area contributed by atoms with Gasteiger partial charge in [-0.25, -0.2) is 0 Å². The number of pyridine rings is 1. The number of likely N-dealkylation sites (tertiary alicyclic amines) is 1. The standard InChI is InChI=1S/C17H18N2O/c1-13-10-15(12-18-11-13)16-8-5-9-19(16)17(20)14-6-3-2-4-7-14/h2-4,6-7,10-12,16H,5,8-9H2,1H3/t16-/m1/s1. The van der Waals surface area contributed by atoms with E-state index in [1.54, 1.807) is 0 Å². The highest BCUT2D eigenvalue weighted by Crippen LogP contribution is 2.32. The van der Waals surface area contributed by atoms with Crippen LogP contribution in [0.15, 0.2) is 48.8 Å². The molecule has 0 unspecified atom stereocenters. The van der Waals surface area contributed by atoms with Gasteiger partial charge in [0.15, 0.2) is 0 Å². The molecule has 20 heavy (non-hydrogen) atoms. The van der Waals surface area contributed by atoms with E-state index in [9.17, 15) is 4.79 Å². The van der Waals surface area contributed by atoms with Crippen molar-refractivity contribution in [1.29, 1.82) is 0 Å². The zero-order valence-corrected chi connectivity index (χ0v) is 11.6. The maximum absolute atomic E-state index is 12.6. The summed E-state index contributed by atoms with van der Waals surface area (Å²) in [6.07, 6.45) is 5.80. The summed E-state index contributed by atoms with van der Waals surface area (Å²) in [7, 11) is 0. The lowest BCUT2D eigenvalue weighted by molar-refractivity contribution is 0.0735. The predicted molar refractivity (Wildman–Crippen MR) is 78.4 cm³/mol. The topological polar surface area (TPSA) is 33.2 Å². The largest absolute Gasteiger partial charge is 0.332 e. The van der Waals surface area contributed by atoms with Gasteiger partial charge in [0.2, 0.25) is 0 Å². The first-order valence-electron chi connectivity index (χ1n) is 7.03. The Hall–Kier alpha value is -2.16. The summed E-state index contributed by atoms with van der Waals surface area (Å²) in [5.74, 6) is 0.120. The van der Waals surface area contributed by atoms with E-state index in [1.807, 2.05) is 54.5 Å². The van der Waals surface area contributed by atoms with E-state index in [4.69, 9.17) is 0 Å². The van der Waals surface area contributed by atoms with Crippen LogP contribution in [-0.2, 0) is 0 Å². The maximum atomic E-state index is 12.6. The first-order chi connectivity index (χ1) is 9.75. The molecule has 2 aromatic rings. The van der Waals surface area contributed by atoms with Gasteiger partial charge in [-0.05, 0) is 43.0 Å². The van der Waals surface area contributed by atoms with E-state index in [0.29, 0.717) is 0 Å². The first kappa shape index (κ1) is 12.9. The van der Waals surface area contributed by atoms with Crippen molar-refractivity contribution >= 4 is 5.91 Å². The predicted octanol–water partition coefficient (Wildman–Crippen LogP) is 3.37. The molecule has 0 radical (unpaired) electrons. The molecule has 0 N–H and O–H groups in total. The minimum absolute atomic E-state index is 0.120. The summed E-state index contributed by atoms with van der Waals surface area (Å²) < 4.78 is 0. The second-order valence-electron chi connectivity index (χ2n) is 5.32. The fraction of sp³-hybridized carbons (Fsp3) is 0.294. The van der Waals surface area contributed by atoms with Gasteiger partial charge in [0.25, 0.3) is 5.91 Å². The Bertz CT molecular complexity index is 609. The SMILES string of the molecule is Cc1cncc([C@H]2CCCN2C(=O)c2ccccc2)c1. The minimum atomic E-state index is 0.120. The molecular formula is C17H18N2O. The molecule has 0 spiro atoms. The molecule has 1 atom stereocenters. The van der Waals surface area contributed by atoms with Crippen LogP contribution in [0.4, 0.5) is 0 Å². The molecule has 1 aromatic heterocycles. The van der Waals surface area contributed by atoms with Gasteiger partial charge in [0.05, 0.1) is 6.04 Å². The minimum Gasteiger partial charge on any atom is -0.332 e. The van der Waals surface area contributed by atoms with Crippen LogP contribution in [0, 0.1) is 6.92 Å². The van der Waals surface area contributed by atoms with Gasteiger partial charge < -0.3 is 4.90 Å². The summed E-state index contributed by atoms with van der Waals surface area (Å²) in [5.41, 5.74) is 3.05. The summed E-state index contributed by atoms with van der Waals surface area (Å²) in [5, 5.41) is 0. The molecule has 1 saturated heterocycles. The number of benzene rings is 1. The first-order valence-corrected chi connectivity index (χ1v) is 7.03. The van der Waals surface area contributed by atoms with Crippen molar-refractivity contribution in [3.05, 3.63) is 65.5 Å². The molecule has 1 aromatic carbocycles. The van der Waals surface area contributed by atoms with E-state index in [0.717, 1.165) is 36.1 Å². The number of hydrogen-bond acceptors (Lipinski definition) is 2. The molecule has 3 heteroatoms. The van der Waals surface area contributed by atoms with Crippen LogP contribution < -0.4 is 0 Å². The molecular weight excluding hydrogens is 248 g/mol. The zero-order chi connectivity index (χ0) is 13.9. The van der Waals surface area contributed by atoms with Crippen LogP contribution in [0.5, 0.6) is 0 Å². The fourth-order valence-electron chi connectivity index (χ4n) is 2.86. The summed E-state index contributed by atoms with van der Waals surface area (Å²) in [4.78, 5) is 18.9. The van der Waals surface area contributed by atoms with E-state index in [2.05, 4.69) is 11.1 Å². The molecule has 0 bridgehead atoms. The van der Waals surface area contributed by atoms with Crippen LogP contribution in [-0.4, -0.2) is 22.3 Å². The van der Waals surface area contributed by atoms with Crippen LogP contribution in [0.1, 0.15) is 40.4 Å². The van der Waals surface area contributed by atoms with Crippen molar-refractivity contribution in [3.63, 3.8) is 0 Å². The Labute approximate surface area is 119 Å². The number of rotatable bonds is 2. The van der Waals surface area contributed by atoms with Gasteiger partial charge in [0.1, 0.15) is 0 Å². The molecule has 1 amide bonds. The normalized spacial score (nSPS) is 18.2. The Morgan fingerprint density at radius 2 is 2.05 bits per heavy atom. The number of hydrogen-bond donors (Lipinski definition) is 0. The molecule has 0 aliphatic carbocycles. The summed E-state index contributed by atoms with van der Waals surface area (Å²) in [6.45, 7) is 2.86. The second-order valence-corrected chi connectivity index (χ2v) is 5.32. The molecule has 3 nitrogen and oxygen atoms in total. The van der Waals surface area contributed by atoms with Crippen molar-refractivity contribution < 1.29 is 4.79 Å². The van der Waals surface area contributed by atoms with E-state index >= 15 is 0 Å². The summed E-state index contributed by atoms with van der Waals surface area (Å²) >= 11 is 0. The van der Waals surface area contributed by atoms with Crippen LogP contribution in [0.3, 0.4) is 0 Å². The van der Waals surface area contributed by atoms with Crippen LogP contribution in [0.25, 0.3) is 0 Å². The highest BCUT2D eigenvalue weighted by molar-refractivity contribution is 5.94. The third-order valence-electron chi connectivity index (χ3n) is 3.82. The Kier molecular flexibility index (Phi) is 3.50. The van der Waals surface area contributed by atoms with Gasteiger partial charge in [-0.1, -0.05) is 24.3 Å². The molecule has 3 rings (SSSR count). The molecule has 102 valence electrons. The third-order valence-corrected chi connectivity index (χ3v) is 3.82. The highest BCUT2D eigenvalue weighted by Gasteiger charge is 2.30. The second kappa shape index (κ2) is 5.45. The van der Waals surface area contributed by atoms with Crippen molar-refractivity contribution in [1.82, 2.24) is 9.88 Å². The van der Waals surface area contributed by atoms with Crippen molar-refractivity contribution in [3.8, 4) is 0 Å². The molecule has 1 aliphatic heterocycles. The van der Waals surface area contributed by atoms with Gasteiger partial charge >= 0.3 is 0 Å². The molecule has 1 aliphatic rings. The third kappa shape index (κ3) is 2.44. The van der Waals surface area contributed by atoms with Gasteiger partial charge in [0, 0.05) is 24.5 Å². The average Bonchev–Trinajstić information content (AvgIpc) is 2.97. The number of aromatic nitrogens is 1. The van der Waals surface area contributed by atoms with Crippen LogP contribution >= 0.6 is 0 Å². The van der Waals surface area contributed by atoms with E-state index in [1.165, 1.54) is 0 Å². The lowest BCUT2D eigenvalue weighted by atomic mass is 10.0. The maximum Gasteiger partial charge on any atom is 0.254 e. The quantitative estimate of drug-likeness (QED) is 0.835. The smallest absolute Gasteiger partial charge is 0.254 e. The monoisotopic (exact) mass is 266 g/mol. The lowest BCUT2D eigenvalue weighted by Gasteiger charge is -2.25. The molecule has 2 heterocycles. The van der Waals surface area contributed by atoms with E-state index in [-0.39, 0.29) is 11.9 Å². The number of carbonyl (C=O) groups is 1. The number of carbonyl (C=O) groups excluding carboxylic acids is 1. The van der Waals surface area contributed by atoms with Crippen molar-refractivity contribution in [2.45, 2.75) is 25.8 Å². The van der Waals surface area contributed by atoms with Crippen molar-refractivity contribution in [2.75, 3.05) is 6.54 Å². The number of amides is 1. The Morgan fingerprint density at radius 1 is 1.25 bits per heavy atom. The fourth-order valence-corrected chi connectivity index (χ4v) is 2.86. The van der Waals surface area contributed by atoms with E-state index < -0.39 is 0 Å². The molecule has 0 saturated carbocycles. The Balaban J connectivity index is 1.88. The Morgan fingerprint density at radius 3 is 2.80 bits per heavy atom. The van der Waals surface area contributed by atoms with Gasteiger partial charge in [-0.2, -0.15) is 0 Å². The number of nitrogens with zero attached hydrogens (tertiary/aromatic N) is 2. The zero-order valence-electron chi connectivity index (χ0n) is 11.6. The van der Waals surface area contributed by atoms with Gasteiger partial charge in [-0.3, -0.25) is 9.78 Å². The molecule has 1 fully saturated rings. The van der Waals surface area contributed by atoms with Crippen molar-refractivity contribution in [2.24, 2.45) is 0 Å². The highest BCUT2D eigenvalue weighted by atomic mass is 16.2. The summed E-state index contributed by atoms with van der Waals surface area (Å²) in [6, 6.07) is 11.8. The van der Waals surface area contributed by atoms with Gasteiger partial charge in [-0.15, -0.1) is 0 Å². The number of aryl methyl sites for hydroxylation is 1. The van der Waals surface area contributed by atoms with Crippen LogP contribution in [0.2, 0.25) is 0 Å². The lowest BCUT2D eigenvalue weighted by Crippen LogP contribution is -2.30.